The molecule has 0 bridgehead atoms. The van der Waals surface area contributed by atoms with E-state index < -0.39 is 6.10 Å². The normalized spacial score (nSPS) is 12.9. The van der Waals surface area contributed by atoms with Crippen LogP contribution >= 0.6 is 24.0 Å². The molecular formula is C6H15Cl2NO. The van der Waals surface area contributed by atoms with Crippen LogP contribution in [0, 0.1) is 0 Å². The predicted molar refractivity (Wildman–Crippen MR) is 47.1 cm³/mol. The molecule has 64 valence electrons. The van der Waals surface area contributed by atoms with Crippen LogP contribution in [0.15, 0.2) is 0 Å². The quantitative estimate of drug-likeness (QED) is 0.645. The van der Waals surface area contributed by atoms with E-state index in [1.165, 1.54) is 0 Å². The largest absolute Gasteiger partial charge is 0.391 e. The van der Waals surface area contributed by atoms with Crippen LogP contribution in [-0.4, -0.2) is 29.7 Å². The zero-order valence-corrected chi connectivity index (χ0v) is 7.87. The van der Waals surface area contributed by atoms with Crippen LogP contribution in [0.5, 0.6) is 0 Å². The molecule has 2 N–H and O–H groups in total. The molecule has 0 aromatic rings. The second kappa shape index (κ2) is 7.61. The molecule has 0 aliphatic carbocycles. The van der Waals surface area contributed by atoms with E-state index in [9.17, 15) is 0 Å². The first kappa shape index (κ1) is 13.1. The third-order valence-electron chi connectivity index (χ3n) is 0.940. The average Bonchev–Trinajstić information content (AvgIpc) is 1.83. The molecular weight excluding hydrogens is 173 g/mol. The minimum atomic E-state index is -0.408. The third-order valence-corrected chi connectivity index (χ3v) is 1.30. The van der Waals surface area contributed by atoms with Crippen molar-refractivity contribution in [2.75, 3.05) is 12.4 Å². The molecule has 1 unspecified atom stereocenters. The van der Waals surface area contributed by atoms with E-state index in [0.717, 1.165) is 0 Å². The first-order valence-electron chi connectivity index (χ1n) is 3.14. The first-order valence-corrected chi connectivity index (χ1v) is 3.67. The number of nitrogens with one attached hydrogen (secondary N) is 1. The maximum Gasteiger partial charge on any atom is 0.0799 e. The summed E-state index contributed by atoms with van der Waals surface area (Å²) in [5.74, 6) is 0.305. The van der Waals surface area contributed by atoms with Crippen LogP contribution in [0.3, 0.4) is 0 Å². The van der Waals surface area contributed by atoms with Crippen molar-refractivity contribution in [1.82, 2.24) is 5.32 Å². The van der Waals surface area contributed by atoms with Crippen LogP contribution in [-0.2, 0) is 0 Å². The van der Waals surface area contributed by atoms with Gasteiger partial charge in [-0.2, -0.15) is 0 Å². The Balaban J connectivity index is 0. The molecule has 0 radical (unpaired) electrons. The van der Waals surface area contributed by atoms with Crippen LogP contribution in [0.4, 0.5) is 0 Å². The first-order chi connectivity index (χ1) is 4.16. The zero-order chi connectivity index (χ0) is 7.28. The van der Waals surface area contributed by atoms with E-state index >= 15 is 0 Å². The molecule has 0 aromatic carbocycles. The van der Waals surface area contributed by atoms with E-state index in [-0.39, 0.29) is 12.4 Å². The fraction of sp³-hybridized carbons (Fsp3) is 1.00. The number of alkyl halides is 1. The van der Waals surface area contributed by atoms with Crippen LogP contribution in [0.25, 0.3) is 0 Å². The lowest BCUT2D eigenvalue weighted by Crippen LogP contribution is -2.32. The van der Waals surface area contributed by atoms with E-state index in [1.807, 2.05) is 13.8 Å². The van der Waals surface area contributed by atoms with Gasteiger partial charge in [0.1, 0.15) is 0 Å². The van der Waals surface area contributed by atoms with Gasteiger partial charge in [0.05, 0.1) is 6.10 Å². The van der Waals surface area contributed by atoms with Crippen molar-refractivity contribution in [3.63, 3.8) is 0 Å². The molecule has 4 heteroatoms. The summed E-state index contributed by atoms with van der Waals surface area (Å²) >= 11 is 5.35. The molecule has 1 atom stereocenters. The van der Waals surface area contributed by atoms with Crippen LogP contribution in [0.1, 0.15) is 13.8 Å². The van der Waals surface area contributed by atoms with Gasteiger partial charge in [-0.15, -0.1) is 24.0 Å². The average molecular weight is 188 g/mol. The van der Waals surface area contributed by atoms with Gasteiger partial charge in [-0.05, 0) is 0 Å². The number of rotatable bonds is 4. The summed E-state index contributed by atoms with van der Waals surface area (Å²) in [6, 6.07) is 0.419. The Labute approximate surface area is 73.4 Å². The number of aliphatic hydroxyl groups excluding tert-OH is 1. The summed E-state index contributed by atoms with van der Waals surface area (Å²) in [7, 11) is 0. The second-order valence-corrected chi connectivity index (χ2v) is 2.68. The molecule has 0 saturated carbocycles. The topological polar surface area (TPSA) is 32.3 Å². The maximum atomic E-state index is 8.91. The molecule has 0 aliphatic heterocycles. The number of aliphatic hydroxyl groups is 1. The van der Waals surface area contributed by atoms with Gasteiger partial charge < -0.3 is 10.4 Å². The number of hydrogen-bond donors (Lipinski definition) is 2. The van der Waals surface area contributed by atoms with Crippen molar-refractivity contribution in [3.8, 4) is 0 Å². The van der Waals surface area contributed by atoms with Gasteiger partial charge >= 0.3 is 0 Å². The molecule has 0 fully saturated rings. The standard InChI is InChI=1S/C6H14ClNO.ClH/c1-5(2)8-4-6(9)3-7;/h5-6,8-9H,3-4H2,1-2H3;1H. The Morgan fingerprint density at radius 2 is 2.00 bits per heavy atom. The summed E-state index contributed by atoms with van der Waals surface area (Å²) in [6.45, 7) is 4.64. The summed E-state index contributed by atoms with van der Waals surface area (Å²) in [5.41, 5.74) is 0. The lowest BCUT2D eigenvalue weighted by molar-refractivity contribution is 0.191. The minimum Gasteiger partial charge on any atom is -0.391 e. The van der Waals surface area contributed by atoms with E-state index in [0.29, 0.717) is 18.5 Å². The van der Waals surface area contributed by atoms with Crippen molar-refractivity contribution in [1.29, 1.82) is 0 Å². The third kappa shape index (κ3) is 8.50. The maximum absolute atomic E-state index is 8.91. The van der Waals surface area contributed by atoms with Gasteiger partial charge in [0.25, 0.3) is 0 Å². The highest BCUT2D eigenvalue weighted by molar-refractivity contribution is 6.18. The summed E-state index contributed by atoms with van der Waals surface area (Å²) in [5, 5.41) is 12.0. The van der Waals surface area contributed by atoms with Gasteiger partial charge in [0.15, 0.2) is 0 Å². The molecule has 0 spiro atoms. The van der Waals surface area contributed by atoms with E-state index in [4.69, 9.17) is 16.7 Å². The molecule has 0 aromatic heterocycles. The molecule has 0 amide bonds. The minimum absolute atomic E-state index is 0. The fourth-order valence-corrected chi connectivity index (χ4v) is 0.535. The summed E-state index contributed by atoms with van der Waals surface area (Å²) in [4.78, 5) is 0. The molecule has 0 saturated heterocycles. The molecule has 2 nitrogen and oxygen atoms in total. The molecule has 0 heterocycles. The molecule has 10 heavy (non-hydrogen) atoms. The van der Waals surface area contributed by atoms with Crippen LogP contribution < -0.4 is 5.32 Å². The van der Waals surface area contributed by atoms with Crippen molar-refractivity contribution in [2.24, 2.45) is 0 Å². The number of halogens is 2. The Morgan fingerprint density at radius 3 is 2.30 bits per heavy atom. The Hall–Kier alpha value is 0.500. The molecule has 0 aliphatic rings. The van der Waals surface area contributed by atoms with E-state index in [2.05, 4.69) is 5.32 Å². The second-order valence-electron chi connectivity index (χ2n) is 2.37. The molecule has 0 rings (SSSR count). The highest BCUT2D eigenvalue weighted by Gasteiger charge is 2.00. The van der Waals surface area contributed by atoms with Crippen molar-refractivity contribution < 1.29 is 5.11 Å². The van der Waals surface area contributed by atoms with Gasteiger partial charge in [-0.3, -0.25) is 0 Å². The summed E-state index contributed by atoms with van der Waals surface area (Å²) < 4.78 is 0. The highest BCUT2D eigenvalue weighted by atomic mass is 35.5. The monoisotopic (exact) mass is 187 g/mol. The van der Waals surface area contributed by atoms with Crippen LogP contribution in [0.2, 0.25) is 0 Å². The van der Waals surface area contributed by atoms with Gasteiger partial charge in [-0.25, -0.2) is 0 Å². The zero-order valence-electron chi connectivity index (χ0n) is 6.30. The summed E-state index contributed by atoms with van der Waals surface area (Å²) in [6.07, 6.45) is -0.408. The predicted octanol–water partition coefficient (Wildman–Crippen LogP) is 1.01. The lowest BCUT2D eigenvalue weighted by Gasteiger charge is -2.10. The Bertz CT molecular complexity index is 70.8. The van der Waals surface area contributed by atoms with E-state index in [1.54, 1.807) is 0 Å². The van der Waals surface area contributed by atoms with Gasteiger partial charge in [0.2, 0.25) is 0 Å². The SMILES string of the molecule is CC(C)NCC(O)CCl.Cl. The Morgan fingerprint density at radius 1 is 1.50 bits per heavy atom. The van der Waals surface area contributed by atoms with Gasteiger partial charge in [-0.1, -0.05) is 13.8 Å². The van der Waals surface area contributed by atoms with Crippen molar-refractivity contribution in [3.05, 3.63) is 0 Å². The smallest absolute Gasteiger partial charge is 0.0799 e. The Kier molecular flexibility index (Phi) is 9.97. The highest BCUT2D eigenvalue weighted by Crippen LogP contribution is 1.85. The number of hydrogen-bond acceptors (Lipinski definition) is 2. The van der Waals surface area contributed by atoms with Gasteiger partial charge in [0, 0.05) is 18.5 Å². The lowest BCUT2D eigenvalue weighted by atomic mass is 10.3. The van der Waals surface area contributed by atoms with Crippen molar-refractivity contribution >= 4 is 24.0 Å². The van der Waals surface area contributed by atoms with Crippen molar-refractivity contribution in [2.45, 2.75) is 26.0 Å². The fourth-order valence-electron chi connectivity index (χ4n) is 0.426.